The topological polar surface area (TPSA) is 68.0 Å². The van der Waals surface area contributed by atoms with Gasteiger partial charge in [-0.15, -0.1) is 0 Å². The third kappa shape index (κ3) is 5.18. The molecular formula is C19H25N3O. The van der Waals surface area contributed by atoms with E-state index in [0.717, 1.165) is 16.7 Å². The molecule has 0 saturated carbocycles. The Morgan fingerprint density at radius 2 is 1.87 bits per heavy atom. The number of nitrogens with zero attached hydrogens (tertiary/aromatic N) is 1. The minimum Gasteiger partial charge on any atom is -0.351 e. The SMILES string of the molecule is CC(C)(C)c1cncc(CNC(=O)[C@@H](N)Cc2ccccc2)c1. The van der Waals surface area contributed by atoms with Gasteiger partial charge in [-0.25, -0.2) is 0 Å². The minimum atomic E-state index is -0.545. The lowest BCUT2D eigenvalue weighted by Crippen LogP contribution is -2.41. The van der Waals surface area contributed by atoms with E-state index in [1.807, 2.05) is 36.5 Å². The number of rotatable bonds is 5. The summed E-state index contributed by atoms with van der Waals surface area (Å²) in [6.45, 7) is 6.87. The maximum atomic E-state index is 12.1. The lowest BCUT2D eigenvalue weighted by molar-refractivity contribution is -0.122. The molecule has 0 aliphatic rings. The van der Waals surface area contributed by atoms with E-state index in [9.17, 15) is 4.79 Å². The molecule has 3 N–H and O–H groups in total. The number of aromatic nitrogens is 1. The first-order valence-electron chi connectivity index (χ1n) is 7.88. The standard InChI is InChI=1S/C19H25N3O/c1-19(2,3)16-9-15(11-21-13-16)12-22-18(23)17(20)10-14-7-5-4-6-8-14/h4-9,11,13,17H,10,12,20H2,1-3H3,(H,22,23)/t17-/m0/s1. The summed E-state index contributed by atoms with van der Waals surface area (Å²) < 4.78 is 0. The van der Waals surface area contributed by atoms with Gasteiger partial charge >= 0.3 is 0 Å². The molecule has 1 amide bonds. The highest BCUT2D eigenvalue weighted by molar-refractivity contribution is 5.81. The molecule has 0 bridgehead atoms. The van der Waals surface area contributed by atoms with Crippen LogP contribution in [0, 0.1) is 0 Å². The zero-order valence-corrected chi connectivity index (χ0v) is 14.0. The second kappa shape index (κ2) is 7.38. The zero-order chi connectivity index (χ0) is 16.9. The molecule has 4 nitrogen and oxygen atoms in total. The number of hydrogen-bond donors (Lipinski definition) is 2. The number of pyridine rings is 1. The van der Waals surface area contributed by atoms with Gasteiger partial charge < -0.3 is 11.1 Å². The fraction of sp³-hybridized carbons (Fsp3) is 0.368. The number of nitrogens with one attached hydrogen (secondary N) is 1. The van der Waals surface area contributed by atoms with E-state index in [4.69, 9.17) is 5.73 Å². The predicted octanol–water partition coefficient (Wildman–Crippen LogP) is 2.57. The molecule has 0 spiro atoms. The number of carbonyl (C=O) groups is 1. The molecule has 0 aliphatic carbocycles. The van der Waals surface area contributed by atoms with Gasteiger partial charge in [-0.3, -0.25) is 9.78 Å². The van der Waals surface area contributed by atoms with Crippen molar-refractivity contribution >= 4 is 5.91 Å². The van der Waals surface area contributed by atoms with Crippen LogP contribution in [0.4, 0.5) is 0 Å². The third-order valence-electron chi connectivity index (χ3n) is 3.76. The summed E-state index contributed by atoms with van der Waals surface area (Å²) in [5, 5.41) is 2.89. The summed E-state index contributed by atoms with van der Waals surface area (Å²) in [5.74, 6) is -0.144. The molecule has 0 radical (unpaired) electrons. The van der Waals surface area contributed by atoms with E-state index in [1.165, 1.54) is 0 Å². The molecule has 4 heteroatoms. The monoisotopic (exact) mass is 311 g/mol. The number of amides is 1. The number of benzene rings is 1. The average molecular weight is 311 g/mol. The van der Waals surface area contributed by atoms with Gasteiger partial charge in [0, 0.05) is 18.9 Å². The Morgan fingerprint density at radius 1 is 1.17 bits per heavy atom. The number of nitrogens with two attached hydrogens (primary N) is 1. The highest BCUT2D eigenvalue weighted by Crippen LogP contribution is 2.21. The van der Waals surface area contributed by atoms with Crippen molar-refractivity contribution in [1.29, 1.82) is 0 Å². The van der Waals surface area contributed by atoms with Gasteiger partial charge in [0.05, 0.1) is 6.04 Å². The van der Waals surface area contributed by atoms with Crippen LogP contribution < -0.4 is 11.1 Å². The molecule has 1 atom stereocenters. The lowest BCUT2D eigenvalue weighted by atomic mass is 9.88. The van der Waals surface area contributed by atoms with Crippen molar-refractivity contribution in [2.24, 2.45) is 5.73 Å². The van der Waals surface area contributed by atoms with Crippen LogP contribution in [0.3, 0.4) is 0 Å². The fourth-order valence-electron chi connectivity index (χ4n) is 2.28. The highest BCUT2D eigenvalue weighted by atomic mass is 16.2. The van der Waals surface area contributed by atoms with Crippen LogP contribution in [-0.2, 0) is 23.2 Å². The number of carbonyl (C=O) groups excluding carboxylic acids is 1. The van der Waals surface area contributed by atoms with E-state index in [0.29, 0.717) is 13.0 Å². The largest absolute Gasteiger partial charge is 0.351 e. The maximum absolute atomic E-state index is 12.1. The molecule has 2 rings (SSSR count). The van der Waals surface area contributed by atoms with Crippen LogP contribution in [0.25, 0.3) is 0 Å². The predicted molar refractivity (Wildman–Crippen MR) is 92.9 cm³/mol. The van der Waals surface area contributed by atoms with Crippen LogP contribution in [0.1, 0.15) is 37.5 Å². The first kappa shape index (κ1) is 17.2. The zero-order valence-electron chi connectivity index (χ0n) is 14.0. The highest BCUT2D eigenvalue weighted by Gasteiger charge is 2.16. The fourth-order valence-corrected chi connectivity index (χ4v) is 2.28. The van der Waals surface area contributed by atoms with Crippen molar-refractivity contribution in [1.82, 2.24) is 10.3 Å². The van der Waals surface area contributed by atoms with Crippen molar-refractivity contribution in [2.75, 3.05) is 0 Å². The smallest absolute Gasteiger partial charge is 0.237 e. The lowest BCUT2D eigenvalue weighted by Gasteiger charge is -2.19. The van der Waals surface area contributed by atoms with E-state index < -0.39 is 6.04 Å². The van der Waals surface area contributed by atoms with Crippen molar-refractivity contribution < 1.29 is 4.79 Å². The Morgan fingerprint density at radius 3 is 2.52 bits per heavy atom. The summed E-state index contributed by atoms with van der Waals surface area (Å²) >= 11 is 0. The van der Waals surface area contributed by atoms with E-state index in [1.54, 1.807) is 6.20 Å². The molecule has 0 saturated heterocycles. The van der Waals surface area contributed by atoms with Gasteiger partial charge in [0.15, 0.2) is 0 Å². The summed E-state index contributed by atoms with van der Waals surface area (Å²) in [6.07, 6.45) is 4.18. The van der Waals surface area contributed by atoms with Crippen LogP contribution in [0.5, 0.6) is 0 Å². The molecular weight excluding hydrogens is 286 g/mol. The Bertz CT molecular complexity index is 647. The second-order valence-electron chi connectivity index (χ2n) is 6.85. The normalized spacial score (nSPS) is 12.7. The Hall–Kier alpha value is -2.20. The molecule has 1 heterocycles. The van der Waals surface area contributed by atoms with Gasteiger partial charge in [0.25, 0.3) is 0 Å². The van der Waals surface area contributed by atoms with Gasteiger partial charge in [0.2, 0.25) is 5.91 Å². The molecule has 23 heavy (non-hydrogen) atoms. The Labute approximate surface area is 138 Å². The first-order chi connectivity index (χ1) is 10.9. The Balaban J connectivity index is 1.91. The second-order valence-corrected chi connectivity index (χ2v) is 6.85. The van der Waals surface area contributed by atoms with E-state index >= 15 is 0 Å². The van der Waals surface area contributed by atoms with Crippen molar-refractivity contribution in [3.8, 4) is 0 Å². The molecule has 1 aromatic heterocycles. The van der Waals surface area contributed by atoms with Crippen LogP contribution in [-0.4, -0.2) is 16.9 Å². The summed E-state index contributed by atoms with van der Waals surface area (Å²) in [5.41, 5.74) is 9.22. The Kier molecular flexibility index (Phi) is 5.50. The van der Waals surface area contributed by atoms with Gasteiger partial charge in [-0.05, 0) is 28.5 Å². The average Bonchev–Trinajstić information content (AvgIpc) is 2.53. The molecule has 1 aromatic carbocycles. The molecule has 0 unspecified atom stereocenters. The van der Waals surface area contributed by atoms with Gasteiger partial charge in [0.1, 0.15) is 0 Å². The van der Waals surface area contributed by atoms with Crippen molar-refractivity contribution in [3.63, 3.8) is 0 Å². The quantitative estimate of drug-likeness (QED) is 0.892. The van der Waals surface area contributed by atoms with Crippen molar-refractivity contribution in [3.05, 3.63) is 65.5 Å². The van der Waals surface area contributed by atoms with Crippen LogP contribution >= 0.6 is 0 Å². The van der Waals surface area contributed by atoms with E-state index in [-0.39, 0.29) is 11.3 Å². The minimum absolute atomic E-state index is 0.0384. The van der Waals surface area contributed by atoms with E-state index in [2.05, 4.69) is 37.1 Å². The van der Waals surface area contributed by atoms with Crippen molar-refractivity contribution in [2.45, 2.75) is 45.2 Å². The molecule has 2 aromatic rings. The summed E-state index contributed by atoms with van der Waals surface area (Å²) in [4.78, 5) is 16.4. The van der Waals surface area contributed by atoms with Gasteiger partial charge in [-0.1, -0.05) is 57.2 Å². The molecule has 0 aliphatic heterocycles. The van der Waals surface area contributed by atoms with Crippen LogP contribution in [0.15, 0.2) is 48.8 Å². The third-order valence-corrected chi connectivity index (χ3v) is 3.76. The van der Waals surface area contributed by atoms with Gasteiger partial charge in [-0.2, -0.15) is 0 Å². The molecule has 0 fully saturated rings. The van der Waals surface area contributed by atoms with Crippen LogP contribution in [0.2, 0.25) is 0 Å². The maximum Gasteiger partial charge on any atom is 0.237 e. The molecule has 122 valence electrons. The summed E-state index contributed by atoms with van der Waals surface area (Å²) in [6, 6.07) is 11.3. The number of hydrogen-bond acceptors (Lipinski definition) is 3. The first-order valence-corrected chi connectivity index (χ1v) is 7.88. The summed E-state index contributed by atoms with van der Waals surface area (Å²) in [7, 11) is 0.